The largest absolute Gasteiger partial charge is 0.396 e. The molecule has 3 N–H and O–H groups in total. The van der Waals surface area contributed by atoms with Crippen molar-refractivity contribution in [2.45, 2.75) is 38.3 Å². The van der Waals surface area contributed by atoms with Crippen LogP contribution < -0.4 is 10.6 Å². The normalized spacial score (nSPS) is 29.4. The molecule has 6 nitrogen and oxygen atoms in total. The van der Waals surface area contributed by atoms with Gasteiger partial charge in [-0.05, 0) is 39.4 Å². The van der Waals surface area contributed by atoms with Gasteiger partial charge < -0.3 is 20.6 Å². The Morgan fingerprint density at radius 1 is 1.50 bits per heavy atom. The fourth-order valence-corrected chi connectivity index (χ4v) is 3.01. The first-order valence-corrected chi connectivity index (χ1v) is 7.43. The summed E-state index contributed by atoms with van der Waals surface area (Å²) in [4.78, 5) is 25.9. The van der Waals surface area contributed by atoms with Gasteiger partial charge in [-0.2, -0.15) is 0 Å². The molecule has 0 aromatic heterocycles. The Hall–Kier alpha value is -1.14. The number of carbonyl (C=O) groups excluding carboxylic acids is 2. The molecular formula is C14H25N3O3. The first kappa shape index (κ1) is 15.3. The van der Waals surface area contributed by atoms with Crippen LogP contribution in [0, 0.1) is 11.8 Å². The van der Waals surface area contributed by atoms with E-state index in [1.165, 1.54) is 0 Å². The van der Waals surface area contributed by atoms with Gasteiger partial charge in [0.15, 0.2) is 0 Å². The maximum absolute atomic E-state index is 12.2. The molecule has 2 rings (SSSR count). The van der Waals surface area contributed by atoms with Crippen molar-refractivity contribution in [1.29, 1.82) is 0 Å². The summed E-state index contributed by atoms with van der Waals surface area (Å²) in [5.41, 5.74) is 0. The zero-order valence-electron chi connectivity index (χ0n) is 12.3. The van der Waals surface area contributed by atoms with Crippen LogP contribution in [-0.4, -0.2) is 60.6 Å². The van der Waals surface area contributed by atoms with Gasteiger partial charge in [-0.25, -0.2) is 0 Å². The number of hydrogen-bond acceptors (Lipinski definition) is 4. The molecular weight excluding hydrogens is 258 g/mol. The van der Waals surface area contributed by atoms with Crippen LogP contribution in [0.15, 0.2) is 0 Å². The van der Waals surface area contributed by atoms with Gasteiger partial charge in [0.25, 0.3) is 0 Å². The van der Waals surface area contributed by atoms with Crippen LogP contribution >= 0.6 is 0 Å². The lowest BCUT2D eigenvalue weighted by Gasteiger charge is -2.40. The van der Waals surface area contributed by atoms with Crippen LogP contribution in [-0.2, 0) is 9.59 Å². The average Bonchev–Trinajstić information content (AvgIpc) is 2.43. The van der Waals surface area contributed by atoms with E-state index < -0.39 is 0 Å². The first-order valence-electron chi connectivity index (χ1n) is 7.43. The van der Waals surface area contributed by atoms with Crippen LogP contribution in [0.2, 0.25) is 0 Å². The van der Waals surface area contributed by atoms with Crippen LogP contribution in [0.4, 0.5) is 0 Å². The van der Waals surface area contributed by atoms with Gasteiger partial charge in [0, 0.05) is 12.6 Å². The molecule has 0 aromatic carbocycles. The zero-order chi connectivity index (χ0) is 14.7. The summed E-state index contributed by atoms with van der Waals surface area (Å²) < 4.78 is 0. The molecule has 0 saturated carbocycles. The summed E-state index contributed by atoms with van der Waals surface area (Å²) in [6.07, 6.45) is 2.39. The number of piperidine rings is 1. The van der Waals surface area contributed by atoms with E-state index in [2.05, 4.69) is 22.6 Å². The molecule has 2 fully saturated rings. The summed E-state index contributed by atoms with van der Waals surface area (Å²) in [6.45, 7) is 3.84. The second kappa shape index (κ2) is 6.54. The zero-order valence-corrected chi connectivity index (χ0v) is 12.3. The third-order valence-corrected chi connectivity index (χ3v) is 4.54. The predicted octanol–water partition coefficient (Wildman–Crippen LogP) is -0.670. The van der Waals surface area contributed by atoms with Crippen molar-refractivity contribution in [2.75, 3.05) is 26.7 Å². The molecule has 0 bridgehead atoms. The van der Waals surface area contributed by atoms with Gasteiger partial charge in [-0.3, -0.25) is 9.59 Å². The number of amides is 2. The number of nitrogens with zero attached hydrogens (tertiary/aromatic N) is 1. The molecule has 2 amide bonds. The van der Waals surface area contributed by atoms with Gasteiger partial charge in [-0.1, -0.05) is 6.92 Å². The molecule has 0 unspecified atom stereocenters. The number of rotatable bonds is 5. The SMILES string of the molecule is C[C@@H](C(=O)NC1CCN(C)CC1)[C@H]1NC(=O)[C@H]1CCO. The molecule has 114 valence electrons. The molecule has 2 aliphatic heterocycles. The fourth-order valence-electron chi connectivity index (χ4n) is 3.01. The summed E-state index contributed by atoms with van der Waals surface area (Å²) in [5.74, 6) is -0.516. The van der Waals surface area contributed by atoms with Gasteiger partial charge in [0.2, 0.25) is 11.8 Å². The molecule has 6 heteroatoms. The lowest BCUT2D eigenvalue weighted by atomic mass is 9.79. The van der Waals surface area contributed by atoms with Crippen LogP contribution in [0.25, 0.3) is 0 Å². The predicted molar refractivity (Wildman–Crippen MR) is 74.9 cm³/mol. The summed E-state index contributed by atoms with van der Waals surface area (Å²) in [7, 11) is 2.09. The van der Waals surface area contributed by atoms with E-state index in [0.29, 0.717) is 6.42 Å². The molecule has 0 aromatic rings. The van der Waals surface area contributed by atoms with Crippen molar-refractivity contribution in [3.8, 4) is 0 Å². The van der Waals surface area contributed by atoms with E-state index in [0.717, 1.165) is 25.9 Å². The molecule has 0 spiro atoms. The Labute approximate surface area is 119 Å². The highest BCUT2D eigenvalue weighted by atomic mass is 16.3. The second-order valence-corrected chi connectivity index (χ2v) is 6.03. The molecule has 2 heterocycles. The van der Waals surface area contributed by atoms with Crippen LogP contribution in [0.1, 0.15) is 26.2 Å². The van der Waals surface area contributed by atoms with Gasteiger partial charge in [-0.15, -0.1) is 0 Å². The summed E-state index contributed by atoms with van der Waals surface area (Å²) in [6, 6.07) is 0.106. The summed E-state index contributed by atoms with van der Waals surface area (Å²) >= 11 is 0. The Balaban J connectivity index is 1.81. The van der Waals surface area contributed by atoms with E-state index in [1.807, 2.05) is 6.92 Å². The van der Waals surface area contributed by atoms with E-state index in [1.54, 1.807) is 0 Å². The van der Waals surface area contributed by atoms with Gasteiger partial charge in [0.1, 0.15) is 0 Å². The molecule has 20 heavy (non-hydrogen) atoms. The molecule has 0 radical (unpaired) electrons. The monoisotopic (exact) mass is 283 g/mol. The number of hydrogen-bond donors (Lipinski definition) is 3. The van der Waals surface area contributed by atoms with Crippen molar-refractivity contribution in [2.24, 2.45) is 11.8 Å². The topological polar surface area (TPSA) is 81.7 Å². The number of aliphatic hydroxyl groups excluding tert-OH is 1. The molecule has 2 saturated heterocycles. The van der Waals surface area contributed by atoms with Crippen LogP contribution in [0.5, 0.6) is 0 Å². The molecule has 0 aliphatic carbocycles. The highest BCUT2D eigenvalue weighted by molar-refractivity contribution is 5.89. The first-order chi connectivity index (χ1) is 9.52. The maximum atomic E-state index is 12.2. The Morgan fingerprint density at radius 3 is 2.70 bits per heavy atom. The number of likely N-dealkylation sites (tertiary alicyclic amines) is 1. The van der Waals surface area contributed by atoms with Crippen molar-refractivity contribution < 1.29 is 14.7 Å². The van der Waals surface area contributed by atoms with Crippen molar-refractivity contribution in [3.05, 3.63) is 0 Å². The van der Waals surface area contributed by atoms with Crippen LogP contribution in [0.3, 0.4) is 0 Å². The Kier molecular flexibility index (Phi) is 4.99. The highest BCUT2D eigenvalue weighted by Gasteiger charge is 2.44. The maximum Gasteiger partial charge on any atom is 0.225 e. The quantitative estimate of drug-likeness (QED) is 0.585. The number of nitrogens with one attached hydrogen (secondary N) is 2. The minimum Gasteiger partial charge on any atom is -0.396 e. The molecule has 2 aliphatic rings. The van der Waals surface area contributed by atoms with Gasteiger partial charge >= 0.3 is 0 Å². The second-order valence-electron chi connectivity index (χ2n) is 6.03. The fraction of sp³-hybridized carbons (Fsp3) is 0.857. The standard InChI is InChI=1S/C14H25N3O3/c1-9(12-11(5-8-18)14(20)16-12)13(19)15-10-3-6-17(2)7-4-10/h9-12,18H,3-8H2,1-2H3,(H,15,19)(H,16,20)/t9-,11+,12-/m1/s1. The highest BCUT2D eigenvalue weighted by Crippen LogP contribution is 2.25. The van der Waals surface area contributed by atoms with E-state index in [9.17, 15) is 9.59 Å². The molecule has 3 atom stereocenters. The van der Waals surface area contributed by atoms with Crippen molar-refractivity contribution >= 4 is 11.8 Å². The third kappa shape index (κ3) is 3.30. The smallest absolute Gasteiger partial charge is 0.225 e. The van der Waals surface area contributed by atoms with E-state index >= 15 is 0 Å². The number of β-lactam (4-membered cyclic amide) rings is 1. The van der Waals surface area contributed by atoms with E-state index in [-0.39, 0.29) is 42.3 Å². The minimum absolute atomic E-state index is 0.00694. The van der Waals surface area contributed by atoms with Crippen molar-refractivity contribution in [3.63, 3.8) is 0 Å². The van der Waals surface area contributed by atoms with Gasteiger partial charge in [0.05, 0.1) is 17.9 Å². The lowest BCUT2D eigenvalue weighted by Crippen LogP contribution is -2.63. The summed E-state index contributed by atoms with van der Waals surface area (Å²) in [5, 5.41) is 14.8. The number of aliphatic hydroxyl groups is 1. The minimum atomic E-state index is -0.246. The Bertz CT molecular complexity index is 367. The lowest BCUT2D eigenvalue weighted by molar-refractivity contribution is -0.141. The van der Waals surface area contributed by atoms with E-state index in [4.69, 9.17) is 5.11 Å². The Morgan fingerprint density at radius 2 is 2.15 bits per heavy atom. The van der Waals surface area contributed by atoms with Crippen molar-refractivity contribution in [1.82, 2.24) is 15.5 Å². The number of carbonyl (C=O) groups is 2. The average molecular weight is 283 g/mol. The third-order valence-electron chi connectivity index (χ3n) is 4.54.